The predicted octanol–water partition coefficient (Wildman–Crippen LogP) is 4.53. The van der Waals surface area contributed by atoms with Crippen LogP contribution >= 0.6 is 11.8 Å². The number of fused-ring (bicyclic) bond motifs is 2. The molecule has 1 aliphatic carbocycles. The van der Waals surface area contributed by atoms with Gasteiger partial charge in [-0.05, 0) is 47.9 Å². The van der Waals surface area contributed by atoms with Gasteiger partial charge < -0.3 is 10.6 Å². The molecule has 2 fully saturated rings. The molecule has 3 heterocycles. The average molecular weight is 431 g/mol. The van der Waals surface area contributed by atoms with Crippen LogP contribution in [0.3, 0.4) is 0 Å². The lowest BCUT2D eigenvalue weighted by Crippen LogP contribution is -2.47. The second-order valence-corrected chi connectivity index (χ2v) is 9.96. The first kappa shape index (κ1) is 19.1. The molecule has 1 saturated heterocycles. The molecule has 2 aromatic carbocycles. The second kappa shape index (κ2) is 7.50. The SMILES string of the molecule is N[C@@H]1CCCC12CCN(c1ncc(Sc3cccc4ccccc34)c3nncn13)CC2. The summed E-state index contributed by atoms with van der Waals surface area (Å²) in [7, 11) is 0. The number of hydrogen-bond acceptors (Lipinski definition) is 6. The minimum absolute atomic E-state index is 0.340. The van der Waals surface area contributed by atoms with Crippen LogP contribution in [0.25, 0.3) is 16.4 Å². The molecule has 0 amide bonds. The van der Waals surface area contributed by atoms with E-state index in [1.807, 2.05) is 10.6 Å². The van der Waals surface area contributed by atoms with Crippen molar-refractivity contribution in [1.29, 1.82) is 0 Å². The van der Waals surface area contributed by atoms with E-state index in [-0.39, 0.29) is 0 Å². The third-order valence-corrected chi connectivity index (χ3v) is 8.35. The molecule has 0 bridgehead atoms. The van der Waals surface area contributed by atoms with Gasteiger partial charge in [-0.15, -0.1) is 10.2 Å². The van der Waals surface area contributed by atoms with Crippen molar-refractivity contribution < 1.29 is 0 Å². The lowest BCUT2D eigenvalue weighted by Gasteiger charge is -2.42. The van der Waals surface area contributed by atoms with Gasteiger partial charge in [-0.1, -0.05) is 54.6 Å². The van der Waals surface area contributed by atoms with Crippen LogP contribution in [-0.4, -0.2) is 38.7 Å². The van der Waals surface area contributed by atoms with Crippen molar-refractivity contribution in [3.05, 3.63) is 55.0 Å². The van der Waals surface area contributed by atoms with Crippen LogP contribution in [0.5, 0.6) is 0 Å². The maximum absolute atomic E-state index is 6.47. The van der Waals surface area contributed by atoms with Gasteiger partial charge in [0, 0.05) is 30.2 Å². The molecule has 2 aliphatic rings. The Morgan fingerprint density at radius 3 is 2.68 bits per heavy atom. The topological polar surface area (TPSA) is 72.3 Å². The molecular formula is C24H26N6S. The third kappa shape index (κ3) is 3.18. The molecule has 1 spiro atoms. The molecule has 1 aliphatic heterocycles. The fourth-order valence-corrected chi connectivity index (χ4v) is 6.45. The first-order valence-corrected chi connectivity index (χ1v) is 11.9. The molecule has 0 radical (unpaired) electrons. The van der Waals surface area contributed by atoms with Crippen LogP contribution in [0, 0.1) is 5.41 Å². The maximum Gasteiger partial charge on any atom is 0.212 e. The van der Waals surface area contributed by atoms with Crippen molar-refractivity contribution in [3.63, 3.8) is 0 Å². The Morgan fingerprint density at radius 2 is 1.84 bits per heavy atom. The van der Waals surface area contributed by atoms with Crippen LogP contribution in [-0.2, 0) is 0 Å². The Hall–Kier alpha value is -2.64. The van der Waals surface area contributed by atoms with Crippen LogP contribution in [0.15, 0.2) is 64.8 Å². The van der Waals surface area contributed by atoms with Gasteiger partial charge in [0.25, 0.3) is 0 Å². The Labute approximate surface area is 185 Å². The Bertz CT molecular complexity index is 1240. The molecule has 31 heavy (non-hydrogen) atoms. The highest BCUT2D eigenvalue weighted by Crippen LogP contribution is 2.46. The van der Waals surface area contributed by atoms with Gasteiger partial charge in [-0.2, -0.15) is 0 Å². The maximum atomic E-state index is 6.47. The normalized spacial score (nSPS) is 20.8. The molecule has 4 aromatic rings. The van der Waals surface area contributed by atoms with Gasteiger partial charge in [0.05, 0.1) is 4.90 Å². The van der Waals surface area contributed by atoms with Crippen LogP contribution in [0.1, 0.15) is 32.1 Å². The quantitative estimate of drug-likeness (QED) is 0.515. The summed E-state index contributed by atoms with van der Waals surface area (Å²) in [5.74, 6) is 0.934. The molecule has 7 heteroatoms. The highest BCUT2D eigenvalue weighted by atomic mass is 32.2. The smallest absolute Gasteiger partial charge is 0.212 e. The van der Waals surface area contributed by atoms with Gasteiger partial charge in [0.15, 0.2) is 5.65 Å². The zero-order valence-corrected chi connectivity index (χ0v) is 18.3. The fraction of sp³-hybridized carbons (Fsp3) is 0.375. The van der Waals surface area contributed by atoms with Crippen LogP contribution in [0.2, 0.25) is 0 Å². The van der Waals surface area contributed by atoms with Gasteiger partial charge in [-0.3, -0.25) is 0 Å². The minimum atomic E-state index is 0.340. The van der Waals surface area contributed by atoms with E-state index in [1.54, 1.807) is 18.1 Å². The highest BCUT2D eigenvalue weighted by molar-refractivity contribution is 7.99. The molecule has 0 unspecified atom stereocenters. The first-order chi connectivity index (χ1) is 15.2. The van der Waals surface area contributed by atoms with Crippen molar-refractivity contribution >= 4 is 34.1 Å². The molecule has 6 rings (SSSR count). The molecular weight excluding hydrogens is 404 g/mol. The lowest BCUT2D eigenvalue weighted by molar-refractivity contribution is 0.197. The van der Waals surface area contributed by atoms with Gasteiger partial charge in [0.2, 0.25) is 5.95 Å². The van der Waals surface area contributed by atoms with Crippen molar-refractivity contribution in [2.75, 3.05) is 18.0 Å². The van der Waals surface area contributed by atoms with E-state index in [9.17, 15) is 0 Å². The largest absolute Gasteiger partial charge is 0.342 e. The fourth-order valence-electron chi connectivity index (χ4n) is 5.43. The predicted molar refractivity (Wildman–Crippen MR) is 125 cm³/mol. The zero-order valence-electron chi connectivity index (χ0n) is 17.4. The first-order valence-electron chi connectivity index (χ1n) is 11.1. The van der Waals surface area contributed by atoms with E-state index < -0.39 is 0 Å². The minimum Gasteiger partial charge on any atom is -0.342 e. The van der Waals surface area contributed by atoms with Crippen molar-refractivity contribution in [2.24, 2.45) is 11.1 Å². The number of aromatic nitrogens is 4. The van der Waals surface area contributed by atoms with E-state index in [2.05, 4.69) is 57.6 Å². The summed E-state index contributed by atoms with van der Waals surface area (Å²) in [6.45, 7) is 1.98. The molecule has 6 nitrogen and oxygen atoms in total. The van der Waals surface area contributed by atoms with Gasteiger partial charge in [0.1, 0.15) is 6.33 Å². The van der Waals surface area contributed by atoms with Crippen molar-refractivity contribution in [3.8, 4) is 0 Å². The third-order valence-electron chi connectivity index (χ3n) is 7.27. The summed E-state index contributed by atoms with van der Waals surface area (Å²) in [5.41, 5.74) is 7.68. The summed E-state index contributed by atoms with van der Waals surface area (Å²) in [6.07, 6.45) is 9.76. The molecule has 1 saturated carbocycles. The van der Waals surface area contributed by atoms with Crippen molar-refractivity contribution in [1.82, 2.24) is 19.6 Å². The molecule has 2 N–H and O–H groups in total. The Kier molecular flexibility index (Phi) is 4.61. The molecule has 1 atom stereocenters. The second-order valence-electron chi connectivity index (χ2n) is 8.87. The van der Waals surface area contributed by atoms with Gasteiger partial charge >= 0.3 is 0 Å². The standard InChI is InChI=1S/C24H26N6S/c25-21-9-4-10-24(21)11-13-29(14-12-24)23-26-15-20(22-28-27-16-30(22)23)31-19-8-3-6-17-5-1-2-7-18(17)19/h1-3,5-8,15-16,21H,4,9-14,25H2/t21-/m1/s1. The molecule has 2 aromatic heterocycles. The summed E-state index contributed by atoms with van der Waals surface area (Å²) in [5, 5.41) is 11.1. The monoisotopic (exact) mass is 430 g/mol. The van der Waals surface area contributed by atoms with E-state index >= 15 is 0 Å². The number of piperidine rings is 1. The van der Waals surface area contributed by atoms with Crippen LogP contribution in [0.4, 0.5) is 5.95 Å². The molecule has 158 valence electrons. The summed E-state index contributed by atoms with van der Waals surface area (Å²) in [4.78, 5) is 9.46. The van der Waals surface area contributed by atoms with Crippen molar-refractivity contribution in [2.45, 2.75) is 47.9 Å². The number of nitrogens with zero attached hydrogens (tertiary/aromatic N) is 5. The van der Waals surface area contributed by atoms with E-state index in [0.29, 0.717) is 11.5 Å². The summed E-state index contributed by atoms with van der Waals surface area (Å²) in [6, 6.07) is 15.2. The van der Waals surface area contributed by atoms with E-state index in [1.165, 1.54) is 34.9 Å². The lowest BCUT2D eigenvalue weighted by atomic mass is 9.74. The number of hydrogen-bond donors (Lipinski definition) is 1. The summed E-state index contributed by atoms with van der Waals surface area (Å²) < 4.78 is 2.04. The Balaban J connectivity index is 1.31. The number of nitrogens with two attached hydrogens (primary N) is 1. The summed E-state index contributed by atoms with van der Waals surface area (Å²) >= 11 is 1.70. The number of benzene rings is 2. The van der Waals surface area contributed by atoms with E-state index in [4.69, 9.17) is 10.7 Å². The van der Waals surface area contributed by atoms with Gasteiger partial charge in [-0.25, -0.2) is 9.38 Å². The number of rotatable bonds is 3. The average Bonchev–Trinajstić information content (AvgIpc) is 3.43. The Morgan fingerprint density at radius 1 is 1.00 bits per heavy atom. The zero-order chi connectivity index (χ0) is 20.8. The van der Waals surface area contributed by atoms with Crippen LogP contribution < -0.4 is 10.6 Å². The highest BCUT2D eigenvalue weighted by Gasteiger charge is 2.43. The van der Waals surface area contributed by atoms with E-state index in [0.717, 1.165) is 42.4 Å². The number of anilines is 1.